The molecule has 0 aromatic heterocycles. The van der Waals surface area contributed by atoms with E-state index in [0.29, 0.717) is 5.92 Å². The SMILES string of the molecule is C=CCCC(C)C=CCCC(C)C. The second-order valence-electron chi connectivity index (χ2n) is 4.24. The molecule has 0 N–H and O–H groups in total. The van der Waals surface area contributed by atoms with Gasteiger partial charge in [0, 0.05) is 0 Å². The van der Waals surface area contributed by atoms with Crippen LogP contribution in [0.1, 0.15) is 46.5 Å². The molecule has 0 aliphatic carbocycles. The number of hydrogen-bond donors (Lipinski definition) is 0. The summed E-state index contributed by atoms with van der Waals surface area (Å²) in [6.07, 6.45) is 11.6. The van der Waals surface area contributed by atoms with Crippen molar-refractivity contribution in [2.24, 2.45) is 11.8 Å². The van der Waals surface area contributed by atoms with Crippen LogP contribution in [-0.2, 0) is 0 Å². The van der Waals surface area contributed by atoms with Crippen molar-refractivity contribution in [2.75, 3.05) is 0 Å². The van der Waals surface area contributed by atoms with Crippen molar-refractivity contribution in [2.45, 2.75) is 46.5 Å². The van der Waals surface area contributed by atoms with Crippen molar-refractivity contribution < 1.29 is 0 Å². The molecular formula is C13H24. The van der Waals surface area contributed by atoms with Crippen molar-refractivity contribution in [1.82, 2.24) is 0 Å². The summed E-state index contributed by atoms with van der Waals surface area (Å²) in [5.41, 5.74) is 0. The molecule has 0 radical (unpaired) electrons. The van der Waals surface area contributed by atoms with E-state index in [9.17, 15) is 0 Å². The Hall–Kier alpha value is -0.520. The molecule has 0 heteroatoms. The Bertz CT molecular complexity index is 142. The third kappa shape index (κ3) is 9.39. The highest BCUT2D eigenvalue weighted by Gasteiger charge is 1.94. The molecule has 0 aliphatic heterocycles. The summed E-state index contributed by atoms with van der Waals surface area (Å²) < 4.78 is 0. The van der Waals surface area contributed by atoms with Crippen LogP contribution >= 0.6 is 0 Å². The molecule has 0 fully saturated rings. The standard InChI is InChI=1S/C13H24/c1-5-6-10-13(4)11-8-7-9-12(2)3/h5,8,11-13H,1,6-7,9-10H2,2-4H3. The zero-order valence-electron chi connectivity index (χ0n) is 9.42. The largest absolute Gasteiger partial charge is 0.103 e. The molecule has 0 bridgehead atoms. The monoisotopic (exact) mass is 180 g/mol. The van der Waals surface area contributed by atoms with Gasteiger partial charge in [0.1, 0.15) is 0 Å². The molecule has 1 atom stereocenters. The van der Waals surface area contributed by atoms with Gasteiger partial charge in [-0.1, -0.05) is 39.0 Å². The molecule has 76 valence electrons. The summed E-state index contributed by atoms with van der Waals surface area (Å²) in [5, 5.41) is 0. The van der Waals surface area contributed by atoms with E-state index in [-0.39, 0.29) is 0 Å². The molecule has 0 heterocycles. The fourth-order valence-electron chi connectivity index (χ4n) is 1.24. The van der Waals surface area contributed by atoms with Gasteiger partial charge in [-0.2, -0.15) is 0 Å². The smallest absolute Gasteiger partial charge is 0.0259 e. The first-order valence-corrected chi connectivity index (χ1v) is 5.44. The van der Waals surface area contributed by atoms with Gasteiger partial charge in [-0.25, -0.2) is 0 Å². The molecule has 0 rings (SSSR count). The van der Waals surface area contributed by atoms with E-state index in [1.165, 1.54) is 19.3 Å². The number of hydrogen-bond acceptors (Lipinski definition) is 0. The second kappa shape index (κ2) is 8.10. The third-order valence-electron chi connectivity index (χ3n) is 2.20. The molecule has 0 amide bonds. The maximum absolute atomic E-state index is 3.73. The molecule has 0 saturated carbocycles. The molecule has 0 nitrogen and oxygen atoms in total. The molecular weight excluding hydrogens is 156 g/mol. The first-order valence-electron chi connectivity index (χ1n) is 5.44. The van der Waals surface area contributed by atoms with Gasteiger partial charge in [0.15, 0.2) is 0 Å². The van der Waals surface area contributed by atoms with E-state index in [2.05, 4.69) is 39.5 Å². The Morgan fingerprint density at radius 2 is 1.77 bits per heavy atom. The molecule has 0 saturated heterocycles. The van der Waals surface area contributed by atoms with Gasteiger partial charge in [0.25, 0.3) is 0 Å². The lowest BCUT2D eigenvalue weighted by molar-refractivity contribution is 0.590. The summed E-state index contributed by atoms with van der Waals surface area (Å²) in [6, 6.07) is 0. The molecule has 1 unspecified atom stereocenters. The molecule has 0 aliphatic rings. The Morgan fingerprint density at radius 3 is 2.31 bits per heavy atom. The van der Waals surface area contributed by atoms with Crippen LogP contribution in [0.15, 0.2) is 24.8 Å². The topological polar surface area (TPSA) is 0 Å². The van der Waals surface area contributed by atoms with Crippen molar-refractivity contribution in [3.63, 3.8) is 0 Å². The molecule has 0 aromatic rings. The second-order valence-corrected chi connectivity index (χ2v) is 4.24. The predicted molar refractivity (Wildman–Crippen MR) is 61.8 cm³/mol. The van der Waals surface area contributed by atoms with Gasteiger partial charge in [-0.15, -0.1) is 6.58 Å². The Labute approximate surface area is 83.7 Å². The van der Waals surface area contributed by atoms with Crippen LogP contribution in [0.3, 0.4) is 0 Å². The predicted octanol–water partition coefficient (Wildman–Crippen LogP) is 4.58. The maximum Gasteiger partial charge on any atom is -0.0259 e. The van der Waals surface area contributed by atoms with Gasteiger partial charge < -0.3 is 0 Å². The van der Waals surface area contributed by atoms with Crippen LogP contribution in [0.5, 0.6) is 0 Å². The van der Waals surface area contributed by atoms with Crippen LogP contribution in [0.4, 0.5) is 0 Å². The van der Waals surface area contributed by atoms with Crippen LogP contribution in [0.25, 0.3) is 0 Å². The number of allylic oxidation sites excluding steroid dienone is 3. The fourth-order valence-corrected chi connectivity index (χ4v) is 1.24. The highest BCUT2D eigenvalue weighted by atomic mass is 14.0. The lowest BCUT2D eigenvalue weighted by Crippen LogP contribution is -1.88. The minimum Gasteiger partial charge on any atom is -0.103 e. The lowest BCUT2D eigenvalue weighted by atomic mass is 10.0. The molecule has 0 spiro atoms. The van der Waals surface area contributed by atoms with Crippen LogP contribution in [-0.4, -0.2) is 0 Å². The van der Waals surface area contributed by atoms with Crippen molar-refractivity contribution in [3.05, 3.63) is 24.8 Å². The van der Waals surface area contributed by atoms with E-state index in [0.717, 1.165) is 12.3 Å². The van der Waals surface area contributed by atoms with Crippen LogP contribution in [0, 0.1) is 11.8 Å². The summed E-state index contributed by atoms with van der Waals surface area (Å²) in [6.45, 7) is 10.5. The summed E-state index contributed by atoms with van der Waals surface area (Å²) in [7, 11) is 0. The Balaban J connectivity index is 3.41. The third-order valence-corrected chi connectivity index (χ3v) is 2.20. The number of rotatable bonds is 7. The zero-order chi connectivity index (χ0) is 10.1. The van der Waals surface area contributed by atoms with Gasteiger partial charge in [0.05, 0.1) is 0 Å². The quantitative estimate of drug-likeness (QED) is 0.503. The van der Waals surface area contributed by atoms with E-state index in [1.54, 1.807) is 0 Å². The summed E-state index contributed by atoms with van der Waals surface area (Å²) in [4.78, 5) is 0. The van der Waals surface area contributed by atoms with Gasteiger partial charge in [0.2, 0.25) is 0 Å². The zero-order valence-corrected chi connectivity index (χ0v) is 9.42. The normalized spacial score (nSPS) is 13.8. The van der Waals surface area contributed by atoms with E-state index >= 15 is 0 Å². The highest BCUT2D eigenvalue weighted by Crippen LogP contribution is 2.09. The Kier molecular flexibility index (Phi) is 7.77. The molecule has 0 aromatic carbocycles. The minimum absolute atomic E-state index is 0.713. The first kappa shape index (κ1) is 12.5. The average molecular weight is 180 g/mol. The van der Waals surface area contributed by atoms with Crippen molar-refractivity contribution in [3.8, 4) is 0 Å². The van der Waals surface area contributed by atoms with Crippen LogP contribution < -0.4 is 0 Å². The lowest BCUT2D eigenvalue weighted by Gasteiger charge is -2.03. The molecule has 13 heavy (non-hydrogen) atoms. The van der Waals surface area contributed by atoms with Crippen molar-refractivity contribution >= 4 is 0 Å². The van der Waals surface area contributed by atoms with Crippen LogP contribution in [0.2, 0.25) is 0 Å². The Morgan fingerprint density at radius 1 is 1.08 bits per heavy atom. The van der Waals surface area contributed by atoms with E-state index < -0.39 is 0 Å². The minimum atomic E-state index is 0.713. The first-order chi connectivity index (χ1) is 6.16. The maximum atomic E-state index is 3.73. The van der Waals surface area contributed by atoms with Gasteiger partial charge in [-0.3, -0.25) is 0 Å². The average Bonchev–Trinajstić information content (AvgIpc) is 2.08. The highest BCUT2D eigenvalue weighted by molar-refractivity contribution is 4.87. The van der Waals surface area contributed by atoms with E-state index in [4.69, 9.17) is 0 Å². The van der Waals surface area contributed by atoms with Crippen molar-refractivity contribution in [1.29, 1.82) is 0 Å². The van der Waals surface area contributed by atoms with Gasteiger partial charge >= 0.3 is 0 Å². The summed E-state index contributed by atoms with van der Waals surface area (Å²) in [5.74, 6) is 1.54. The fraction of sp³-hybridized carbons (Fsp3) is 0.692. The van der Waals surface area contributed by atoms with E-state index in [1.807, 2.05) is 6.08 Å². The van der Waals surface area contributed by atoms with Gasteiger partial charge in [-0.05, 0) is 37.5 Å². The summed E-state index contributed by atoms with van der Waals surface area (Å²) >= 11 is 0.